The van der Waals surface area contributed by atoms with Gasteiger partial charge in [-0.15, -0.1) is 0 Å². The lowest BCUT2D eigenvalue weighted by Crippen LogP contribution is -2.33. The van der Waals surface area contributed by atoms with Crippen LogP contribution in [0, 0.1) is 5.82 Å². The van der Waals surface area contributed by atoms with Crippen LogP contribution in [0.15, 0.2) is 24.3 Å². The molecular formula is C17H26FNO2. The number of hydrogen-bond acceptors (Lipinski definition) is 3. The zero-order chi connectivity index (χ0) is 15.1. The Morgan fingerprint density at radius 1 is 1.24 bits per heavy atom. The third-order valence-corrected chi connectivity index (χ3v) is 4.11. The number of ether oxygens (including phenoxy) is 1. The summed E-state index contributed by atoms with van der Waals surface area (Å²) in [4.78, 5) is 0. The van der Waals surface area contributed by atoms with Gasteiger partial charge in [0, 0.05) is 12.6 Å². The maximum absolute atomic E-state index is 12.9. The van der Waals surface area contributed by atoms with E-state index in [0.717, 1.165) is 18.4 Å². The molecule has 0 aliphatic heterocycles. The third-order valence-electron chi connectivity index (χ3n) is 4.11. The average Bonchev–Trinajstić information content (AvgIpc) is 2.52. The molecule has 1 saturated carbocycles. The molecule has 2 rings (SSSR count). The number of halogens is 1. The highest BCUT2D eigenvalue weighted by atomic mass is 19.1. The highest BCUT2D eigenvalue weighted by Gasteiger charge is 2.16. The van der Waals surface area contributed by atoms with Crippen molar-refractivity contribution in [2.45, 2.75) is 57.3 Å². The van der Waals surface area contributed by atoms with Crippen molar-refractivity contribution in [2.24, 2.45) is 0 Å². The number of rotatable bonds is 7. The van der Waals surface area contributed by atoms with Crippen LogP contribution in [-0.2, 0) is 4.74 Å². The number of aliphatic hydroxyl groups excluding tert-OH is 1. The number of benzene rings is 1. The predicted molar refractivity (Wildman–Crippen MR) is 81.6 cm³/mol. The number of aliphatic hydroxyl groups is 1. The average molecular weight is 295 g/mol. The summed E-state index contributed by atoms with van der Waals surface area (Å²) in [6.45, 7) is 2.86. The second-order valence-electron chi connectivity index (χ2n) is 5.93. The second kappa shape index (κ2) is 8.47. The van der Waals surface area contributed by atoms with Gasteiger partial charge in [0.1, 0.15) is 5.82 Å². The van der Waals surface area contributed by atoms with Crippen LogP contribution < -0.4 is 5.32 Å². The molecule has 0 saturated heterocycles. The Hall–Kier alpha value is -0.970. The molecule has 21 heavy (non-hydrogen) atoms. The first-order valence-electron chi connectivity index (χ1n) is 7.93. The van der Waals surface area contributed by atoms with Gasteiger partial charge in [0.05, 0.1) is 18.8 Å². The van der Waals surface area contributed by atoms with Crippen molar-refractivity contribution in [3.8, 4) is 0 Å². The fourth-order valence-electron chi connectivity index (χ4n) is 2.72. The van der Waals surface area contributed by atoms with Crippen LogP contribution in [0.4, 0.5) is 4.39 Å². The molecule has 1 unspecified atom stereocenters. The van der Waals surface area contributed by atoms with Crippen molar-refractivity contribution in [1.29, 1.82) is 0 Å². The van der Waals surface area contributed by atoms with E-state index in [1.165, 1.54) is 31.4 Å². The second-order valence-corrected chi connectivity index (χ2v) is 5.93. The molecule has 1 aromatic carbocycles. The summed E-state index contributed by atoms with van der Waals surface area (Å²) >= 11 is 0. The molecule has 1 aliphatic rings. The van der Waals surface area contributed by atoms with Crippen LogP contribution >= 0.6 is 0 Å². The monoisotopic (exact) mass is 295 g/mol. The Morgan fingerprint density at radius 2 is 1.90 bits per heavy atom. The van der Waals surface area contributed by atoms with Gasteiger partial charge in [-0.3, -0.25) is 0 Å². The Balaban J connectivity index is 1.65. The lowest BCUT2D eigenvalue weighted by molar-refractivity contribution is -0.0235. The van der Waals surface area contributed by atoms with E-state index in [-0.39, 0.29) is 11.9 Å². The quantitative estimate of drug-likeness (QED) is 0.812. The standard InChI is InChI=1S/C17H26FNO2/c1-13(14-7-9-15(18)10-8-14)19-11-16(20)12-21-17-5-3-2-4-6-17/h7-10,13,16-17,19-20H,2-6,11-12H2,1H3/t13-,16?/m0/s1. The third kappa shape index (κ3) is 5.73. The molecule has 0 aromatic heterocycles. The van der Waals surface area contributed by atoms with Gasteiger partial charge in [0.25, 0.3) is 0 Å². The molecule has 0 bridgehead atoms. The lowest BCUT2D eigenvalue weighted by Gasteiger charge is -2.24. The van der Waals surface area contributed by atoms with E-state index in [1.54, 1.807) is 12.1 Å². The SMILES string of the molecule is C[C@H](NCC(O)COC1CCCCC1)c1ccc(F)cc1. The molecular weight excluding hydrogens is 269 g/mol. The molecule has 0 spiro atoms. The van der Waals surface area contributed by atoms with E-state index in [2.05, 4.69) is 5.32 Å². The van der Waals surface area contributed by atoms with Gasteiger partial charge in [-0.05, 0) is 37.5 Å². The molecule has 4 heteroatoms. The van der Waals surface area contributed by atoms with Crippen LogP contribution in [0.25, 0.3) is 0 Å². The minimum Gasteiger partial charge on any atom is -0.389 e. The molecule has 118 valence electrons. The van der Waals surface area contributed by atoms with Crippen LogP contribution in [0.2, 0.25) is 0 Å². The molecule has 2 atom stereocenters. The zero-order valence-electron chi connectivity index (χ0n) is 12.7. The summed E-state index contributed by atoms with van der Waals surface area (Å²) in [5, 5.41) is 13.2. The normalized spacial score (nSPS) is 19.4. The van der Waals surface area contributed by atoms with Crippen molar-refractivity contribution < 1.29 is 14.2 Å². The van der Waals surface area contributed by atoms with Gasteiger partial charge >= 0.3 is 0 Å². The largest absolute Gasteiger partial charge is 0.389 e. The first kappa shape index (κ1) is 16.4. The van der Waals surface area contributed by atoms with Gasteiger partial charge < -0.3 is 15.2 Å². The van der Waals surface area contributed by atoms with Gasteiger partial charge in [0.15, 0.2) is 0 Å². The Kier molecular flexibility index (Phi) is 6.61. The predicted octanol–water partition coefficient (Wildman–Crippen LogP) is 3.19. The van der Waals surface area contributed by atoms with Crippen LogP contribution in [0.3, 0.4) is 0 Å². The fourth-order valence-corrected chi connectivity index (χ4v) is 2.72. The summed E-state index contributed by atoms with van der Waals surface area (Å²) in [6.07, 6.45) is 5.83. The van der Waals surface area contributed by atoms with Crippen molar-refractivity contribution in [1.82, 2.24) is 5.32 Å². The van der Waals surface area contributed by atoms with Gasteiger partial charge in [0.2, 0.25) is 0 Å². The van der Waals surface area contributed by atoms with E-state index >= 15 is 0 Å². The van der Waals surface area contributed by atoms with E-state index < -0.39 is 6.10 Å². The zero-order valence-corrected chi connectivity index (χ0v) is 12.7. The summed E-state index contributed by atoms with van der Waals surface area (Å²) in [6, 6.07) is 6.51. The first-order chi connectivity index (χ1) is 10.1. The molecule has 0 radical (unpaired) electrons. The number of hydrogen-bond donors (Lipinski definition) is 2. The van der Waals surface area contributed by atoms with Gasteiger partial charge in [-0.25, -0.2) is 4.39 Å². The Morgan fingerprint density at radius 3 is 2.57 bits per heavy atom. The lowest BCUT2D eigenvalue weighted by atomic mass is 9.98. The Labute approximate surface area is 126 Å². The van der Waals surface area contributed by atoms with E-state index in [0.29, 0.717) is 19.3 Å². The fraction of sp³-hybridized carbons (Fsp3) is 0.647. The van der Waals surface area contributed by atoms with Crippen LogP contribution in [0.1, 0.15) is 50.6 Å². The molecule has 1 aliphatic carbocycles. The summed E-state index contributed by atoms with van der Waals surface area (Å²) in [5.41, 5.74) is 1.01. The first-order valence-corrected chi connectivity index (χ1v) is 7.93. The van der Waals surface area contributed by atoms with Gasteiger partial charge in [-0.2, -0.15) is 0 Å². The molecule has 1 aromatic rings. The molecule has 1 fully saturated rings. The van der Waals surface area contributed by atoms with E-state index in [4.69, 9.17) is 4.74 Å². The van der Waals surface area contributed by atoms with Crippen molar-refractivity contribution >= 4 is 0 Å². The maximum Gasteiger partial charge on any atom is 0.123 e. The van der Waals surface area contributed by atoms with E-state index in [9.17, 15) is 9.50 Å². The summed E-state index contributed by atoms with van der Waals surface area (Å²) in [5.74, 6) is -0.230. The van der Waals surface area contributed by atoms with Crippen molar-refractivity contribution in [3.63, 3.8) is 0 Å². The smallest absolute Gasteiger partial charge is 0.123 e. The molecule has 0 amide bonds. The topological polar surface area (TPSA) is 41.5 Å². The molecule has 3 nitrogen and oxygen atoms in total. The minimum absolute atomic E-state index is 0.0786. The molecule has 0 heterocycles. The van der Waals surface area contributed by atoms with E-state index in [1.807, 2.05) is 6.92 Å². The van der Waals surface area contributed by atoms with Crippen LogP contribution in [-0.4, -0.2) is 30.5 Å². The molecule has 2 N–H and O–H groups in total. The summed E-state index contributed by atoms with van der Waals surface area (Å²) < 4.78 is 18.6. The van der Waals surface area contributed by atoms with Crippen LogP contribution in [0.5, 0.6) is 0 Å². The van der Waals surface area contributed by atoms with Crippen molar-refractivity contribution in [3.05, 3.63) is 35.6 Å². The maximum atomic E-state index is 12.9. The van der Waals surface area contributed by atoms with Gasteiger partial charge in [-0.1, -0.05) is 31.4 Å². The number of nitrogens with one attached hydrogen (secondary N) is 1. The highest BCUT2D eigenvalue weighted by Crippen LogP contribution is 2.20. The highest BCUT2D eigenvalue weighted by molar-refractivity contribution is 5.19. The minimum atomic E-state index is -0.505. The van der Waals surface area contributed by atoms with Crippen molar-refractivity contribution in [2.75, 3.05) is 13.2 Å². The Bertz CT molecular complexity index is 404. The summed E-state index contributed by atoms with van der Waals surface area (Å²) in [7, 11) is 0.